The van der Waals surface area contributed by atoms with Crippen LogP contribution < -0.4 is 10.0 Å². The minimum Gasteiger partial charge on any atom is -0.376 e. The summed E-state index contributed by atoms with van der Waals surface area (Å²) in [5.74, 6) is -2.89. The summed E-state index contributed by atoms with van der Waals surface area (Å²) in [6.07, 6.45) is 1.73. The van der Waals surface area contributed by atoms with Crippen LogP contribution in [0.25, 0.3) is 0 Å². The van der Waals surface area contributed by atoms with E-state index in [1.54, 1.807) is 12.1 Å². The highest BCUT2D eigenvalue weighted by Gasteiger charge is 2.21. The minimum absolute atomic E-state index is 0.0343. The van der Waals surface area contributed by atoms with E-state index in [1.807, 2.05) is 0 Å². The first-order chi connectivity index (χ1) is 12.9. The number of sulfonamides is 1. The number of anilines is 1. The van der Waals surface area contributed by atoms with Crippen molar-refractivity contribution < 1.29 is 26.7 Å². The van der Waals surface area contributed by atoms with Crippen molar-refractivity contribution in [3.05, 3.63) is 59.7 Å². The van der Waals surface area contributed by atoms with Crippen LogP contribution in [-0.4, -0.2) is 33.6 Å². The van der Waals surface area contributed by atoms with Crippen LogP contribution in [0.1, 0.15) is 23.2 Å². The molecule has 9 heteroatoms. The summed E-state index contributed by atoms with van der Waals surface area (Å²) >= 11 is 0. The predicted octanol–water partition coefficient (Wildman–Crippen LogP) is 2.67. The van der Waals surface area contributed by atoms with E-state index < -0.39 is 32.5 Å². The fourth-order valence-electron chi connectivity index (χ4n) is 2.72. The molecule has 6 nitrogen and oxygen atoms in total. The second kappa shape index (κ2) is 8.01. The van der Waals surface area contributed by atoms with E-state index in [1.165, 1.54) is 12.1 Å². The predicted molar refractivity (Wildman–Crippen MR) is 94.9 cm³/mol. The van der Waals surface area contributed by atoms with Gasteiger partial charge < -0.3 is 10.1 Å². The Morgan fingerprint density at radius 1 is 1.15 bits per heavy atom. The minimum atomic E-state index is -4.20. The lowest BCUT2D eigenvalue weighted by atomic mass is 10.1. The van der Waals surface area contributed by atoms with E-state index in [-0.39, 0.29) is 17.4 Å². The maximum Gasteiger partial charge on any atom is 0.262 e. The van der Waals surface area contributed by atoms with Gasteiger partial charge in [-0.05, 0) is 43.2 Å². The number of halogens is 2. The number of amides is 1. The molecule has 1 amide bonds. The van der Waals surface area contributed by atoms with Gasteiger partial charge >= 0.3 is 0 Å². The van der Waals surface area contributed by atoms with Gasteiger partial charge in [0, 0.05) is 13.2 Å². The standard InChI is InChI=1S/C18H18F2N2O4S/c19-15-8-7-13(10-16(15)20)27(24,25)22-17-6-2-1-5-14(17)18(23)21-11-12-4-3-9-26-12/h1-2,5-8,10,12,22H,3-4,9,11H2,(H,21,23)/t12-/m1/s1. The molecule has 0 saturated carbocycles. The smallest absolute Gasteiger partial charge is 0.262 e. The zero-order chi connectivity index (χ0) is 19.4. The third kappa shape index (κ3) is 4.61. The normalized spacial score (nSPS) is 16.9. The summed E-state index contributed by atoms with van der Waals surface area (Å²) in [6, 6.07) is 8.28. The second-order valence-corrected chi connectivity index (χ2v) is 7.75. The molecule has 3 rings (SSSR count). The van der Waals surface area contributed by atoms with Gasteiger partial charge in [0.1, 0.15) is 0 Å². The number of nitrogens with one attached hydrogen (secondary N) is 2. The molecule has 1 atom stereocenters. The highest BCUT2D eigenvalue weighted by Crippen LogP contribution is 2.21. The van der Waals surface area contributed by atoms with Gasteiger partial charge in [-0.15, -0.1) is 0 Å². The summed E-state index contributed by atoms with van der Waals surface area (Å²) in [5.41, 5.74) is 0.147. The van der Waals surface area contributed by atoms with E-state index in [0.717, 1.165) is 25.0 Å². The number of para-hydroxylation sites is 1. The molecule has 1 aliphatic rings. The number of rotatable bonds is 6. The third-order valence-electron chi connectivity index (χ3n) is 4.13. The quantitative estimate of drug-likeness (QED) is 0.786. The van der Waals surface area contributed by atoms with E-state index in [2.05, 4.69) is 10.0 Å². The van der Waals surface area contributed by atoms with E-state index in [9.17, 15) is 22.0 Å². The van der Waals surface area contributed by atoms with Gasteiger partial charge in [-0.3, -0.25) is 9.52 Å². The van der Waals surface area contributed by atoms with Crippen molar-refractivity contribution in [3.8, 4) is 0 Å². The highest BCUT2D eigenvalue weighted by atomic mass is 32.2. The van der Waals surface area contributed by atoms with Gasteiger partial charge in [-0.2, -0.15) is 0 Å². The molecule has 0 radical (unpaired) electrons. The monoisotopic (exact) mass is 396 g/mol. The highest BCUT2D eigenvalue weighted by molar-refractivity contribution is 7.92. The van der Waals surface area contributed by atoms with Gasteiger partial charge in [0.25, 0.3) is 15.9 Å². The van der Waals surface area contributed by atoms with Crippen LogP contribution in [0.4, 0.5) is 14.5 Å². The molecule has 2 N–H and O–H groups in total. The SMILES string of the molecule is O=C(NC[C@H]1CCCO1)c1ccccc1NS(=O)(=O)c1ccc(F)c(F)c1. The lowest BCUT2D eigenvalue weighted by molar-refractivity contribution is 0.0858. The van der Waals surface area contributed by atoms with Gasteiger partial charge in [-0.1, -0.05) is 12.1 Å². The number of hydrogen-bond acceptors (Lipinski definition) is 4. The van der Waals surface area contributed by atoms with Crippen molar-refractivity contribution in [2.24, 2.45) is 0 Å². The molecule has 1 saturated heterocycles. The van der Waals surface area contributed by atoms with Crippen molar-refractivity contribution in [1.82, 2.24) is 5.32 Å². The first-order valence-corrected chi connectivity index (χ1v) is 9.82. The first-order valence-electron chi connectivity index (χ1n) is 8.33. The van der Waals surface area contributed by atoms with Gasteiger partial charge in [-0.25, -0.2) is 17.2 Å². The van der Waals surface area contributed by atoms with Gasteiger partial charge in [0.2, 0.25) is 0 Å². The Labute approximate surface area is 155 Å². The van der Waals surface area contributed by atoms with E-state index in [0.29, 0.717) is 19.2 Å². The average Bonchev–Trinajstić information content (AvgIpc) is 3.15. The summed E-state index contributed by atoms with van der Waals surface area (Å²) in [5, 5.41) is 2.72. The molecule has 27 heavy (non-hydrogen) atoms. The third-order valence-corrected chi connectivity index (χ3v) is 5.49. The Hall–Kier alpha value is -2.52. The Bertz CT molecular complexity index is 944. The number of hydrogen-bond donors (Lipinski definition) is 2. The average molecular weight is 396 g/mol. The fourth-order valence-corrected chi connectivity index (χ4v) is 3.82. The number of carbonyl (C=O) groups is 1. The lowest BCUT2D eigenvalue weighted by Crippen LogP contribution is -2.32. The molecule has 1 heterocycles. The molecule has 0 unspecified atom stereocenters. The molecule has 2 aromatic carbocycles. The summed E-state index contributed by atoms with van der Waals surface area (Å²) < 4.78 is 59.0. The summed E-state index contributed by atoms with van der Waals surface area (Å²) in [7, 11) is -4.20. The summed E-state index contributed by atoms with van der Waals surface area (Å²) in [4.78, 5) is 12.0. The summed E-state index contributed by atoms with van der Waals surface area (Å²) in [6.45, 7) is 0.980. The zero-order valence-corrected chi connectivity index (χ0v) is 15.1. The van der Waals surface area contributed by atoms with Crippen molar-refractivity contribution in [3.63, 3.8) is 0 Å². The van der Waals surface area contributed by atoms with Crippen LogP contribution in [0, 0.1) is 11.6 Å². The van der Waals surface area contributed by atoms with Crippen LogP contribution in [-0.2, 0) is 14.8 Å². The maximum atomic E-state index is 13.4. The van der Waals surface area contributed by atoms with Crippen molar-refractivity contribution in [2.45, 2.75) is 23.8 Å². The Kier molecular flexibility index (Phi) is 5.71. The van der Waals surface area contributed by atoms with Gasteiger partial charge in [0.15, 0.2) is 11.6 Å². The molecule has 0 bridgehead atoms. The van der Waals surface area contributed by atoms with Gasteiger partial charge in [0.05, 0.1) is 22.3 Å². The molecule has 0 aromatic heterocycles. The molecule has 1 aliphatic heterocycles. The molecule has 1 fully saturated rings. The Balaban J connectivity index is 1.78. The van der Waals surface area contributed by atoms with E-state index >= 15 is 0 Å². The molecular formula is C18H18F2N2O4S. The molecule has 144 valence electrons. The van der Waals surface area contributed by atoms with Crippen LogP contribution in [0.2, 0.25) is 0 Å². The lowest BCUT2D eigenvalue weighted by Gasteiger charge is -2.14. The van der Waals surface area contributed by atoms with Crippen molar-refractivity contribution in [2.75, 3.05) is 17.9 Å². The first kappa shape index (κ1) is 19.2. The number of ether oxygens (including phenoxy) is 1. The fraction of sp³-hybridized carbons (Fsp3) is 0.278. The number of carbonyl (C=O) groups excluding carboxylic acids is 1. The van der Waals surface area contributed by atoms with E-state index in [4.69, 9.17) is 4.74 Å². The van der Waals surface area contributed by atoms with Crippen molar-refractivity contribution in [1.29, 1.82) is 0 Å². The van der Waals surface area contributed by atoms with Crippen LogP contribution in [0.3, 0.4) is 0 Å². The molecular weight excluding hydrogens is 378 g/mol. The van der Waals surface area contributed by atoms with Crippen LogP contribution >= 0.6 is 0 Å². The second-order valence-electron chi connectivity index (χ2n) is 6.07. The van der Waals surface area contributed by atoms with Crippen molar-refractivity contribution >= 4 is 21.6 Å². The topological polar surface area (TPSA) is 84.5 Å². The van der Waals surface area contributed by atoms with Crippen LogP contribution in [0.5, 0.6) is 0 Å². The molecule has 0 aliphatic carbocycles. The molecule has 0 spiro atoms. The van der Waals surface area contributed by atoms with Crippen LogP contribution in [0.15, 0.2) is 47.4 Å². The zero-order valence-electron chi connectivity index (χ0n) is 14.2. The number of benzene rings is 2. The Morgan fingerprint density at radius 3 is 2.63 bits per heavy atom. The Morgan fingerprint density at radius 2 is 1.93 bits per heavy atom. The maximum absolute atomic E-state index is 13.4. The largest absolute Gasteiger partial charge is 0.376 e. The molecule has 2 aromatic rings.